The molecule has 2 N–H and O–H groups in total. The van der Waals surface area contributed by atoms with Gasteiger partial charge in [-0.05, 0) is 47.2 Å². The molecule has 1 atom stereocenters. The van der Waals surface area contributed by atoms with Crippen molar-refractivity contribution in [2.75, 3.05) is 26.3 Å². The zero-order valence-corrected chi connectivity index (χ0v) is 16.1. The van der Waals surface area contributed by atoms with Crippen LogP contribution in [0.15, 0.2) is 70.4 Å². The molecule has 4 rings (SSSR count). The summed E-state index contributed by atoms with van der Waals surface area (Å²) in [4.78, 5) is 30.2. The second-order valence-electron chi connectivity index (χ2n) is 6.57. The quantitative estimate of drug-likeness (QED) is 0.650. The van der Waals surface area contributed by atoms with Gasteiger partial charge in [0, 0.05) is 29.6 Å². The first-order valence-electron chi connectivity index (χ1n) is 9.18. The van der Waals surface area contributed by atoms with E-state index in [0.29, 0.717) is 26.3 Å². The van der Waals surface area contributed by atoms with Gasteiger partial charge in [0.1, 0.15) is 6.04 Å². The number of rotatable bonds is 5. The fourth-order valence-electron chi connectivity index (χ4n) is 3.20. The van der Waals surface area contributed by atoms with Crippen molar-refractivity contribution < 1.29 is 9.53 Å². The highest BCUT2D eigenvalue weighted by molar-refractivity contribution is 7.97. The average molecular weight is 395 g/mol. The Kier molecular flexibility index (Phi) is 5.76. The van der Waals surface area contributed by atoms with Gasteiger partial charge in [0.25, 0.3) is 0 Å². The van der Waals surface area contributed by atoms with Crippen molar-refractivity contribution >= 4 is 28.8 Å². The van der Waals surface area contributed by atoms with E-state index >= 15 is 0 Å². The predicted molar refractivity (Wildman–Crippen MR) is 110 cm³/mol. The Labute approximate surface area is 167 Å². The minimum Gasteiger partial charge on any atom is -0.378 e. The molecule has 7 heteroatoms. The molecule has 0 spiro atoms. The summed E-state index contributed by atoms with van der Waals surface area (Å²) in [6.45, 7) is 2.36. The molecule has 3 aromatic rings. The summed E-state index contributed by atoms with van der Waals surface area (Å²) >= 11 is 1.41. The number of aromatic amines is 1. The molecule has 0 saturated carbocycles. The van der Waals surface area contributed by atoms with Gasteiger partial charge in [-0.3, -0.25) is 9.59 Å². The second kappa shape index (κ2) is 8.60. The van der Waals surface area contributed by atoms with E-state index in [4.69, 9.17) is 4.74 Å². The molecule has 1 fully saturated rings. The molecular weight excluding hydrogens is 374 g/mol. The van der Waals surface area contributed by atoms with Gasteiger partial charge >= 0.3 is 0 Å². The van der Waals surface area contributed by atoms with Crippen LogP contribution < -0.4 is 10.3 Å². The van der Waals surface area contributed by atoms with Crippen molar-refractivity contribution in [2.24, 2.45) is 0 Å². The van der Waals surface area contributed by atoms with Crippen LogP contribution in [0.2, 0.25) is 0 Å². The molecule has 28 heavy (non-hydrogen) atoms. The highest BCUT2D eigenvalue weighted by Gasteiger charge is 2.27. The van der Waals surface area contributed by atoms with Crippen LogP contribution in [0.3, 0.4) is 0 Å². The number of amides is 1. The monoisotopic (exact) mass is 395 g/mol. The first-order valence-corrected chi connectivity index (χ1v) is 9.99. The number of hydrogen-bond donors (Lipinski definition) is 2. The number of hydrogen-bond acceptors (Lipinski definition) is 5. The van der Waals surface area contributed by atoms with Crippen LogP contribution in [0.5, 0.6) is 0 Å². The molecule has 0 bridgehead atoms. The first-order chi connectivity index (χ1) is 13.7. The van der Waals surface area contributed by atoms with Crippen molar-refractivity contribution in [1.29, 1.82) is 0 Å². The lowest BCUT2D eigenvalue weighted by Gasteiger charge is -2.30. The highest BCUT2D eigenvalue weighted by atomic mass is 32.2. The van der Waals surface area contributed by atoms with E-state index < -0.39 is 6.04 Å². The van der Waals surface area contributed by atoms with E-state index in [-0.39, 0.29) is 11.5 Å². The van der Waals surface area contributed by atoms with E-state index in [0.717, 1.165) is 21.4 Å². The van der Waals surface area contributed by atoms with Gasteiger partial charge in [-0.1, -0.05) is 30.3 Å². The van der Waals surface area contributed by atoms with Crippen LogP contribution in [-0.2, 0) is 9.53 Å². The van der Waals surface area contributed by atoms with Crippen LogP contribution in [-0.4, -0.2) is 42.1 Å². The predicted octanol–water partition coefficient (Wildman–Crippen LogP) is 2.72. The van der Waals surface area contributed by atoms with Crippen molar-refractivity contribution in [2.45, 2.75) is 10.9 Å². The molecule has 0 radical (unpaired) electrons. The van der Waals surface area contributed by atoms with Gasteiger partial charge in [-0.15, -0.1) is 0 Å². The summed E-state index contributed by atoms with van der Waals surface area (Å²) in [5, 5.41) is 0.946. The third kappa shape index (κ3) is 4.27. The van der Waals surface area contributed by atoms with Crippen molar-refractivity contribution in [3.05, 3.63) is 76.6 Å². The number of morpholine rings is 1. The van der Waals surface area contributed by atoms with Gasteiger partial charge in [0.05, 0.1) is 13.2 Å². The topological polar surface area (TPSA) is 74.4 Å². The summed E-state index contributed by atoms with van der Waals surface area (Å²) in [5.41, 5.74) is 1.60. The van der Waals surface area contributed by atoms with E-state index in [1.54, 1.807) is 6.07 Å². The molecule has 6 nitrogen and oxygen atoms in total. The SMILES string of the molecule is O=C([C@H](NSc1ccc2[nH]c(=O)ccc2c1)c1ccccc1)N1CCOCC1. The smallest absolute Gasteiger partial charge is 0.248 e. The lowest BCUT2D eigenvalue weighted by atomic mass is 10.1. The number of H-pyrrole nitrogens is 1. The minimum atomic E-state index is -0.449. The minimum absolute atomic E-state index is 0.0483. The zero-order valence-electron chi connectivity index (χ0n) is 15.3. The van der Waals surface area contributed by atoms with E-state index in [1.165, 1.54) is 18.0 Å². The number of carbonyl (C=O) groups excluding carboxylic acids is 1. The molecule has 144 valence electrons. The maximum atomic E-state index is 13.1. The van der Waals surface area contributed by atoms with Crippen molar-refractivity contribution in [1.82, 2.24) is 14.6 Å². The summed E-state index contributed by atoms with van der Waals surface area (Å²) in [5.74, 6) is 0.0483. The molecule has 1 aromatic heterocycles. The van der Waals surface area contributed by atoms with Gasteiger partial charge in [-0.25, -0.2) is 4.72 Å². The fourth-order valence-corrected chi connectivity index (χ4v) is 4.01. The van der Waals surface area contributed by atoms with Crippen molar-refractivity contribution in [3.8, 4) is 0 Å². The Hall–Kier alpha value is -2.61. The third-order valence-corrected chi connectivity index (χ3v) is 5.54. The molecule has 1 aliphatic rings. The van der Waals surface area contributed by atoms with Crippen LogP contribution in [0.25, 0.3) is 10.9 Å². The van der Waals surface area contributed by atoms with E-state index in [1.807, 2.05) is 53.4 Å². The summed E-state index contributed by atoms with van der Waals surface area (Å²) in [7, 11) is 0. The molecule has 2 heterocycles. The van der Waals surface area contributed by atoms with Gasteiger partial charge < -0.3 is 14.6 Å². The number of fused-ring (bicyclic) bond motifs is 1. The van der Waals surface area contributed by atoms with Gasteiger partial charge in [0.2, 0.25) is 11.5 Å². The van der Waals surface area contributed by atoms with Crippen LogP contribution in [0, 0.1) is 0 Å². The lowest BCUT2D eigenvalue weighted by Crippen LogP contribution is -2.45. The number of pyridine rings is 1. The number of aromatic nitrogens is 1. The molecular formula is C21H21N3O3S. The Bertz CT molecular complexity index is 1020. The molecule has 1 saturated heterocycles. The number of nitrogens with zero attached hydrogens (tertiary/aromatic N) is 1. The highest BCUT2D eigenvalue weighted by Crippen LogP contribution is 2.25. The lowest BCUT2D eigenvalue weighted by molar-refractivity contribution is -0.137. The van der Waals surface area contributed by atoms with Crippen LogP contribution in [0.1, 0.15) is 11.6 Å². The number of nitrogens with one attached hydrogen (secondary N) is 2. The number of ether oxygens (including phenoxy) is 1. The van der Waals surface area contributed by atoms with Crippen LogP contribution in [0.4, 0.5) is 0 Å². The van der Waals surface area contributed by atoms with Gasteiger partial charge in [-0.2, -0.15) is 0 Å². The standard InChI is InChI=1S/C21H21N3O3S/c25-19-9-6-16-14-17(7-8-18(16)22-19)28-23-20(15-4-2-1-3-5-15)21(26)24-10-12-27-13-11-24/h1-9,14,20,23H,10-13H2,(H,22,25)/t20-/m1/s1. The summed E-state index contributed by atoms with van der Waals surface area (Å²) < 4.78 is 8.71. The third-order valence-electron chi connectivity index (χ3n) is 4.69. The number of carbonyl (C=O) groups is 1. The number of benzene rings is 2. The second-order valence-corrected chi connectivity index (χ2v) is 7.48. The zero-order chi connectivity index (χ0) is 19.3. The fraction of sp³-hybridized carbons (Fsp3) is 0.238. The van der Waals surface area contributed by atoms with Gasteiger partial charge in [0.15, 0.2) is 0 Å². The normalized spacial score (nSPS) is 15.5. The Morgan fingerprint density at radius 1 is 1.07 bits per heavy atom. The first kappa shape index (κ1) is 18.7. The average Bonchev–Trinajstić information content (AvgIpc) is 2.75. The Balaban J connectivity index is 1.54. The summed E-state index contributed by atoms with van der Waals surface area (Å²) in [6.07, 6.45) is 0. The largest absolute Gasteiger partial charge is 0.378 e. The van der Waals surface area contributed by atoms with E-state index in [2.05, 4.69) is 9.71 Å². The molecule has 0 aliphatic carbocycles. The Morgan fingerprint density at radius 3 is 2.64 bits per heavy atom. The molecule has 2 aromatic carbocycles. The van der Waals surface area contributed by atoms with E-state index in [9.17, 15) is 9.59 Å². The summed E-state index contributed by atoms with van der Waals surface area (Å²) in [6, 6.07) is 18.4. The maximum Gasteiger partial charge on any atom is 0.248 e. The Morgan fingerprint density at radius 2 is 1.86 bits per heavy atom. The van der Waals surface area contributed by atoms with Crippen LogP contribution >= 0.6 is 11.9 Å². The molecule has 1 amide bonds. The molecule has 1 aliphatic heterocycles. The molecule has 0 unspecified atom stereocenters. The maximum absolute atomic E-state index is 13.1. The van der Waals surface area contributed by atoms with Crippen molar-refractivity contribution in [3.63, 3.8) is 0 Å².